The Hall–Kier alpha value is -1.78. The van der Waals surface area contributed by atoms with Crippen LogP contribution in [0.4, 0.5) is 13.2 Å². The topological polar surface area (TPSA) is 26.0 Å². The van der Waals surface area contributed by atoms with Crippen molar-refractivity contribution in [1.82, 2.24) is 5.16 Å². The molecule has 0 spiro atoms. The van der Waals surface area contributed by atoms with Gasteiger partial charge in [0.15, 0.2) is 0 Å². The maximum atomic E-state index is 12.8. The molecule has 0 aliphatic heterocycles. The number of aromatic nitrogens is 1. The molecule has 0 atom stereocenters. The predicted octanol–water partition coefficient (Wildman–Crippen LogP) is 4.48. The molecule has 0 aliphatic rings. The Morgan fingerprint density at radius 2 is 1.83 bits per heavy atom. The van der Waals surface area contributed by atoms with E-state index in [0.717, 1.165) is 6.07 Å². The predicted molar refractivity (Wildman–Crippen MR) is 61.0 cm³/mol. The summed E-state index contributed by atoms with van der Waals surface area (Å²) < 4.78 is 43.6. The molecule has 0 fully saturated rings. The molecule has 0 aliphatic carbocycles. The fourth-order valence-electron chi connectivity index (χ4n) is 1.64. The number of halogens is 3. The van der Waals surface area contributed by atoms with Gasteiger partial charge in [0.25, 0.3) is 0 Å². The summed E-state index contributed by atoms with van der Waals surface area (Å²) >= 11 is 0. The van der Waals surface area contributed by atoms with E-state index >= 15 is 0 Å². The van der Waals surface area contributed by atoms with Crippen molar-refractivity contribution in [2.24, 2.45) is 0 Å². The van der Waals surface area contributed by atoms with Crippen LogP contribution in [0.2, 0.25) is 0 Å². The van der Waals surface area contributed by atoms with Crippen molar-refractivity contribution in [3.05, 3.63) is 41.7 Å². The molecule has 0 amide bonds. The normalized spacial score (nSPS) is 12.1. The smallest absolute Gasteiger partial charge is 0.361 e. The zero-order chi connectivity index (χ0) is 13.3. The molecule has 2 aromatic rings. The Kier molecular flexibility index (Phi) is 3.15. The lowest BCUT2D eigenvalue weighted by atomic mass is 10.0. The third-order valence-electron chi connectivity index (χ3n) is 2.61. The third-order valence-corrected chi connectivity index (χ3v) is 2.61. The molecule has 0 saturated carbocycles. The monoisotopic (exact) mass is 255 g/mol. The fraction of sp³-hybridized carbons (Fsp3) is 0.308. The van der Waals surface area contributed by atoms with Gasteiger partial charge in [-0.05, 0) is 6.07 Å². The van der Waals surface area contributed by atoms with Crippen molar-refractivity contribution in [2.45, 2.75) is 25.9 Å². The first-order valence-corrected chi connectivity index (χ1v) is 5.53. The van der Waals surface area contributed by atoms with E-state index in [-0.39, 0.29) is 17.2 Å². The van der Waals surface area contributed by atoms with Crippen molar-refractivity contribution < 1.29 is 17.7 Å². The highest BCUT2D eigenvalue weighted by Gasteiger charge is 2.34. The second-order valence-corrected chi connectivity index (χ2v) is 4.31. The zero-order valence-corrected chi connectivity index (χ0v) is 9.95. The summed E-state index contributed by atoms with van der Waals surface area (Å²) in [7, 11) is 0. The summed E-state index contributed by atoms with van der Waals surface area (Å²) in [6.45, 7) is 3.78. The van der Waals surface area contributed by atoms with E-state index in [1.54, 1.807) is 12.1 Å². The number of hydrogen-bond donors (Lipinski definition) is 0. The number of rotatable bonds is 2. The highest BCUT2D eigenvalue weighted by molar-refractivity contribution is 5.64. The van der Waals surface area contributed by atoms with Crippen LogP contribution >= 0.6 is 0 Å². The molecule has 5 heteroatoms. The first kappa shape index (κ1) is 12.7. The molecule has 18 heavy (non-hydrogen) atoms. The maximum Gasteiger partial charge on any atom is 0.417 e. The summed E-state index contributed by atoms with van der Waals surface area (Å²) in [5.41, 5.74) is -0.444. The van der Waals surface area contributed by atoms with Gasteiger partial charge in [0.1, 0.15) is 11.5 Å². The highest BCUT2D eigenvalue weighted by atomic mass is 19.4. The van der Waals surface area contributed by atoms with Crippen molar-refractivity contribution in [3.8, 4) is 11.3 Å². The van der Waals surface area contributed by atoms with Crippen molar-refractivity contribution in [3.63, 3.8) is 0 Å². The van der Waals surface area contributed by atoms with Gasteiger partial charge in [-0.1, -0.05) is 37.2 Å². The van der Waals surface area contributed by atoms with Crippen LogP contribution in [0.25, 0.3) is 11.3 Å². The lowest BCUT2D eigenvalue weighted by Gasteiger charge is -2.10. The second kappa shape index (κ2) is 4.48. The second-order valence-electron chi connectivity index (χ2n) is 4.31. The van der Waals surface area contributed by atoms with Crippen LogP contribution in [0.5, 0.6) is 0 Å². The average molecular weight is 255 g/mol. The van der Waals surface area contributed by atoms with Gasteiger partial charge in [0.2, 0.25) is 0 Å². The van der Waals surface area contributed by atoms with Crippen molar-refractivity contribution >= 4 is 0 Å². The van der Waals surface area contributed by atoms with Crippen LogP contribution < -0.4 is 0 Å². The Bertz CT molecular complexity index is 543. The molecule has 0 saturated heterocycles. The van der Waals surface area contributed by atoms with Crippen LogP contribution in [0.15, 0.2) is 34.9 Å². The molecular formula is C13H12F3NO. The quantitative estimate of drug-likeness (QED) is 0.790. The minimum atomic E-state index is -4.40. The van der Waals surface area contributed by atoms with Crippen molar-refractivity contribution in [2.75, 3.05) is 0 Å². The number of hydrogen-bond acceptors (Lipinski definition) is 2. The fourth-order valence-corrected chi connectivity index (χ4v) is 1.64. The van der Waals surface area contributed by atoms with Crippen LogP contribution in [-0.2, 0) is 6.18 Å². The lowest BCUT2D eigenvalue weighted by Crippen LogP contribution is -2.06. The molecule has 1 heterocycles. The van der Waals surface area contributed by atoms with Crippen LogP contribution in [-0.4, -0.2) is 5.16 Å². The summed E-state index contributed by atoms with van der Waals surface area (Å²) in [5, 5.41) is 3.71. The molecule has 2 nitrogen and oxygen atoms in total. The van der Waals surface area contributed by atoms with Crippen LogP contribution in [0.3, 0.4) is 0 Å². The molecular weight excluding hydrogens is 243 g/mol. The van der Waals surface area contributed by atoms with E-state index < -0.39 is 11.7 Å². The largest absolute Gasteiger partial charge is 0.417 e. The van der Waals surface area contributed by atoms with Gasteiger partial charge in [-0.25, -0.2) is 0 Å². The Balaban J connectivity index is 2.50. The van der Waals surface area contributed by atoms with Crippen LogP contribution in [0, 0.1) is 0 Å². The molecule has 0 unspecified atom stereocenters. The van der Waals surface area contributed by atoms with E-state index in [2.05, 4.69) is 5.16 Å². The molecule has 2 rings (SSSR count). The number of benzene rings is 1. The molecule has 0 radical (unpaired) electrons. The lowest BCUT2D eigenvalue weighted by molar-refractivity contribution is -0.137. The number of nitrogens with zero attached hydrogens (tertiary/aromatic N) is 1. The zero-order valence-electron chi connectivity index (χ0n) is 9.95. The van der Waals surface area contributed by atoms with Gasteiger partial charge in [0.05, 0.1) is 5.56 Å². The van der Waals surface area contributed by atoms with Gasteiger partial charge in [-0.15, -0.1) is 0 Å². The maximum absolute atomic E-state index is 12.8. The Labute approximate surface area is 102 Å². The van der Waals surface area contributed by atoms with E-state index in [4.69, 9.17) is 4.52 Å². The average Bonchev–Trinajstić information content (AvgIpc) is 2.77. The minimum Gasteiger partial charge on any atom is -0.361 e. The number of alkyl halides is 3. The van der Waals surface area contributed by atoms with E-state index in [1.165, 1.54) is 12.1 Å². The first-order chi connectivity index (χ1) is 8.39. The van der Waals surface area contributed by atoms with E-state index in [9.17, 15) is 13.2 Å². The summed E-state index contributed by atoms with van der Waals surface area (Å²) in [6.07, 6.45) is -4.40. The van der Waals surface area contributed by atoms with Gasteiger partial charge in [-0.3, -0.25) is 0 Å². The van der Waals surface area contributed by atoms with Gasteiger partial charge in [0, 0.05) is 17.5 Å². The third kappa shape index (κ3) is 2.39. The van der Waals surface area contributed by atoms with E-state index in [1.807, 2.05) is 13.8 Å². The first-order valence-electron chi connectivity index (χ1n) is 5.53. The van der Waals surface area contributed by atoms with Gasteiger partial charge >= 0.3 is 6.18 Å². The Morgan fingerprint density at radius 1 is 1.17 bits per heavy atom. The molecule has 0 bridgehead atoms. The van der Waals surface area contributed by atoms with Gasteiger partial charge in [-0.2, -0.15) is 13.2 Å². The summed E-state index contributed by atoms with van der Waals surface area (Å²) in [6, 6.07) is 6.89. The highest BCUT2D eigenvalue weighted by Crippen LogP contribution is 2.37. The molecule has 0 N–H and O–H groups in total. The molecule has 1 aromatic heterocycles. The van der Waals surface area contributed by atoms with E-state index in [0.29, 0.717) is 5.76 Å². The SMILES string of the molecule is CC(C)c1cc(-c2ccccc2C(F)(F)F)no1. The standard InChI is InChI=1S/C13H12F3NO/c1-8(2)12-7-11(17-18-12)9-5-3-4-6-10(9)13(14,15)16/h3-8H,1-2H3. The summed E-state index contributed by atoms with van der Waals surface area (Å²) in [4.78, 5) is 0. The van der Waals surface area contributed by atoms with Crippen LogP contribution in [0.1, 0.15) is 31.1 Å². The summed E-state index contributed by atoms with van der Waals surface area (Å²) in [5.74, 6) is 0.659. The van der Waals surface area contributed by atoms with Crippen molar-refractivity contribution in [1.29, 1.82) is 0 Å². The van der Waals surface area contributed by atoms with Gasteiger partial charge < -0.3 is 4.52 Å². The molecule has 1 aromatic carbocycles. The minimum absolute atomic E-state index is 0.0423. The Morgan fingerprint density at radius 3 is 2.39 bits per heavy atom. The molecule has 96 valence electrons.